The fourth-order valence-corrected chi connectivity index (χ4v) is 1.58. The molecule has 84 valence electrons. The molecule has 0 aromatic heterocycles. The van der Waals surface area contributed by atoms with Crippen molar-refractivity contribution in [2.24, 2.45) is 5.16 Å². The van der Waals surface area contributed by atoms with Crippen LogP contribution in [0.2, 0.25) is 0 Å². The summed E-state index contributed by atoms with van der Waals surface area (Å²) in [4.78, 5) is 16.8. The van der Waals surface area contributed by atoms with Crippen molar-refractivity contribution >= 4 is 11.6 Å². The molecule has 0 bridgehead atoms. The van der Waals surface area contributed by atoms with Gasteiger partial charge in [-0.2, -0.15) is 0 Å². The minimum atomic E-state index is -0.0752. The number of nitrogens with one attached hydrogen (secondary N) is 1. The molecule has 0 radical (unpaired) electrons. The largest absolute Gasteiger partial charge is 0.390 e. The first kappa shape index (κ1) is 10.7. The van der Waals surface area contributed by atoms with E-state index >= 15 is 0 Å². The number of nitrogens with zero attached hydrogens (tertiary/aromatic N) is 1. The molecule has 1 unspecified atom stereocenters. The maximum absolute atomic E-state index is 11.7. The summed E-state index contributed by atoms with van der Waals surface area (Å²) in [6.45, 7) is 2.41. The van der Waals surface area contributed by atoms with E-state index in [-0.39, 0.29) is 12.0 Å². The molecule has 1 heterocycles. The normalized spacial score (nSPS) is 18.8. The summed E-state index contributed by atoms with van der Waals surface area (Å²) in [5.41, 5.74) is 1.64. The Balaban J connectivity index is 1.81. The number of rotatable bonds is 3. The van der Waals surface area contributed by atoms with Crippen LogP contribution in [-0.2, 0) is 4.84 Å². The first-order chi connectivity index (χ1) is 7.75. The Labute approximate surface area is 94.3 Å². The Hall–Kier alpha value is -1.84. The van der Waals surface area contributed by atoms with E-state index in [0.29, 0.717) is 12.1 Å². The first-order valence-electron chi connectivity index (χ1n) is 5.28. The number of oxime groups is 1. The lowest BCUT2D eigenvalue weighted by Gasteiger charge is -2.09. The number of carbonyl (C=O) groups excluding carboxylic acids is 1. The molecular weight excluding hydrogens is 204 g/mol. The van der Waals surface area contributed by atoms with E-state index in [4.69, 9.17) is 4.84 Å². The Kier molecular flexibility index (Phi) is 3.19. The molecule has 1 amide bonds. The Morgan fingerprint density at radius 1 is 1.50 bits per heavy atom. The molecule has 1 aromatic rings. The smallest absolute Gasteiger partial charge is 0.251 e. The first-order valence-corrected chi connectivity index (χ1v) is 5.28. The van der Waals surface area contributed by atoms with Gasteiger partial charge in [0.25, 0.3) is 5.91 Å². The highest BCUT2D eigenvalue weighted by atomic mass is 16.6. The fraction of sp³-hybridized carbons (Fsp3) is 0.333. The third-order valence-electron chi connectivity index (χ3n) is 2.41. The molecule has 0 saturated carbocycles. The highest BCUT2D eigenvalue weighted by Gasteiger charge is 2.18. The van der Waals surface area contributed by atoms with Gasteiger partial charge in [0.15, 0.2) is 0 Å². The van der Waals surface area contributed by atoms with Crippen molar-refractivity contribution in [3.8, 4) is 0 Å². The van der Waals surface area contributed by atoms with Gasteiger partial charge in [0.2, 0.25) is 0 Å². The van der Waals surface area contributed by atoms with Crippen molar-refractivity contribution in [3.63, 3.8) is 0 Å². The highest BCUT2D eigenvalue weighted by molar-refractivity contribution is 5.94. The lowest BCUT2D eigenvalue weighted by atomic mass is 10.2. The summed E-state index contributed by atoms with van der Waals surface area (Å²) in [5.74, 6) is -0.0752. The van der Waals surface area contributed by atoms with Crippen LogP contribution in [0.3, 0.4) is 0 Å². The van der Waals surface area contributed by atoms with Crippen LogP contribution in [0.15, 0.2) is 35.5 Å². The van der Waals surface area contributed by atoms with E-state index in [1.54, 1.807) is 12.1 Å². The van der Waals surface area contributed by atoms with E-state index in [9.17, 15) is 4.79 Å². The van der Waals surface area contributed by atoms with Gasteiger partial charge in [0.1, 0.15) is 6.10 Å². The number of amides is 1. The van der Waals surface area contributed by atoms with Crippen molar-refractivity contribution in [2.45, 2.75) is 19.4 Å². The minimum Gasteiger partial charge on any atom is -0.390 e. The molecular formula is C12H14N2O2. The molecule has 1 N–H and O–H groups in total. The standard InChI is InChI=1S/C12H14N2O2/c1-9-7-11(16-14-9)8-13-12(15)10-5-3-2-4-6-10/h2-6,11H,7-8H2,1H3,(H,13,15). The number of hydrogen-bond acceptors (Lipinski definition) is 3. The zero-order valence-corrected chi connectivity index (χ0v) is 9.14. The van der Waals surface area contributed by atoms with E-state index in [2.05, 4.69) is 10.5 Å². The molecule has 1 aliphatic heterocycles. The predicted molar refractivity (Wildman–Crippen MR) is 61.4 cm³/mol. The molecule has 2 rings (SSSR count). The average molecular weight is 218 g/mol. The molecule has 0 saturated heterocycles. The molecule has 0 fully saturated rings. The summed E-state index contributed by atoms with van der Waals surface area (Å²) in [5, 5.41) is 6.66. The van der Waals surface area contributed by atoms with Crippen molar-refractivity contribution < 1.29 is 9.63 Å². The van der Waals surface area contributed by atoms with Crippen LogP contribution in [0.4, 0.5) is 0 Å². The lowest BCUT2D eigenvalue weighted by Crippen LogP contribution is -2.32. The Bertz CT molecular complexity index is 401. The van der Waals surface area contributed by atoms with E-state index < -0.39 is 0 Å². The fourth-order valence-electron chi connectivity index (χ4n) is 1.58. The van der Waals surface area contributed by atoms with Gasteiger partial charge in [-0.05, 0) is 19.1 Å². The van der Waals surface area contributed by atoms with Crippen LogP contribution < -0.4 is 5.32 Å². The van der Waals surface area contributed by atoms with Crippen LogP contribution in [0.25, 0.3) is 0 Å². The van der Waals surface area contributed by atoms with Gasteiger partial charge in [-0.1, -0.05) is 23.4 Å². The Morgan fingerprint density at radius 2 is 2.25 bits per heavy atom. The number of benzene rings is 1. The van der Waals surface area contributed by atoms with E-state index in [1.807, 2.05) is 25.1 Å². The van der Waals surface area contributed by atoms with Gasteiger partial charge in [-0.25, -0.2) is 0 Å². The monoisotopic (exact) mass is 218 g/mol. The zero-order chi connectivity index (χ0) is 11.4. The zero-order valence-electron chi connectivity index (χ0n) is 9.14. The second-order valence-corrected chi connectivity index (χ2v) is 3.83. The third-order valence-corrected chi connectivity index (χ3v) is 2.41. The molecule has 1 atom stereocenters. The van der Waals surface area contributed by atoms with Crippen LogP contribution in [0.1, 0.15) is 23.7 Å². The van der Waals surface area contributed by atoms with Crippen molar-refractivity contribution in [1.29, 1.82) is 0 Å². The summed E-state index contributed by atoms with van der Waals surface area (Å²) in [7, 11) is 0. The predicted octanol–water partition coefficient (Wildman–Crippen LogP) is 1.58. The SMILES string of the molecule is CC1=NOC(CNC(=O)c2ccccc2)C1. The van der Waals surface area contributed by atoms with Gasteiger partial charge < -0.3 is 10.2 Å². The van der Waals surface area contributed by atoms with Gasteiger partial charge in [0.05, 0.1) is 12.3 Å². The molecule has 4 heteroatoms. The third kappa shape index (κ3) is 2.59. The Morgan fingerprint density at radius 3 is 2.88 bits per heavy atom. The molecule has 0 spiro atoms. The number of carbonyl (C=O) groups is 1. The topological polar surface area (TPSA) is 50.7 Å². The molecule has 1 aliphatic rings. The van der Waals surface area contributed by atoms with Crippen LogP contribution in [-0.4, -0.2) is 24.3 Å². The summed E-state index contributed by atoms with van der Waals surface area (Å²) in [6, 6.07) is 9.13. The minimum absolute atomic E-state index is 0.0207. The van der Waals surface area contributed by atoms with Crippen molar-refractivity contribution in [1.82, 2.24) is 5.32 Å². The maximum atomic E-state index is 11.7. The number of hydrogen-bond donors (Lipinski definition) is 1. The average Bonchev–Trinajstić information content (AvgIpc) is 2.73. The van der Waals surface area contributed by atoms with Gasteiger partial charge in [-0.3, -0.25) is 4.79 Å². The van der Waals surface area contributed by atoms with Crippen LogP contribution in [0.5, 0.6) is 0 Å². The summed E-state index contributed by atoms with van der Waals surface area (Å²) in [6.07, 6.45) is 0.766. The lowest BCUT2D eigenvalue weighted by molar-refractivity contribution is 0.0753. The molecule has 16 heavy (non-hydrogen) atoms. The molecule has 4 nitrogen and oxygen atoms in total. The van der Waals surface area contributed by atoms with Gasteiger partial charge in [-0.15, -0.1) is 0 Å². The van der Waals surface area contributed by atoms with Crippen LogP contribution in [0, 0.1) is 0 Å². The molecule has 1 aromatic carbocycles. The van der Waals surface area contributed by atoms with Crippen LogP contribution >= 0.6 is 0 Å². The van der Waals surface area contributed by atoms with Gasteiger partial charge in [0, 0.05) is 12.0 Å². The molecule has 0 aliphatic carbocycles. The highest BCUT2D eigenvalue weighted by Crippen LogP contribution is 2.09. The second kappa shape index (κ2) is 4.79. The van der Waals surface area contributed by atoms with E-state index in [1.165, 1.54) is 0 Å². The van der Waals surface area contributed by atoms with Crippen molar-refractivity contribution in [2.75, 3.05) is 6.54 Å². The maximum Gasteiger partial charge on any atom is 0.251 e. The second-order valence-electron chi connectivity index (χ2n) is 3.83. The van der Waals surface area contributed by atoms with E-state index in [0.717, 1.165) is 12.1 Å². The quantitative estimate of drug-likeness (QED) is 0.837. The summed E-state index contributed by atoms with van der Waals surface area (Å²) >= 11 is 0. The summed E-state index contributed by atoms with van der Waals surface area (Å²) < 4.78 is 0. The van der Waals surface area contributed by atoms with Crippen molar-refractivity contribution in [3.05, 3.63) is 35.9 Å². The van der Waals surface area contributed by atoms with Gasteiger partial charge >= 0.3 is 0 Å².